The highest BCUT2D eigenvalue weighted by molar-refractivity contribution is 5.85. The number of carbonyl (C=O) groups is 3. The van der Waals surface area contributed by atoms with Crippen LogP contribution in [0, 0.1) is 5.41 Å². The smallest absolute Gasteiger partial charge is 0.330 e. The van der Waals surface area contributed by atoms with Crippen molar-refractivity contribution in [3.63, 3.8) is 0 Å². The Hall–Kier alpha value is -2.57. The fourth-order valence-electron chi connectivity index (χ4n) is 2.46. The molecule has 136 valence electrons. The molecule has 0 radical (unpaired) electrons. The van der Waals surface area contributed by atoms with Gasteiger partial charge >= 0.3 is 5.97 Å². The van der Waals surface area contributed by atoms with Gasteiger partial charge < -0.3 is 20.5 Å². The molecule has 0 bridgehead atoms. The fraction of sp³-hybridized carbons (Fsp3) is 0.500. The number of hydrogen-bond donors (Lipinski definition) is 3. The van der Waals surface area contributed by atoms with Gasteiger partial charge in [0.2, 0.25) is 11.8 Å². The highest BCUT2D eigenvalue weighted by Gasteiger charge is 2.25. The van der Waals surface area contributed by atoms with Gasteiger partial charge in [0, 0.05) is 24.8 Å². The number of nitrogens with one attached hydrogen (secondary N) is 2. The number of benzene rings is 1. The van der Waals surface area contributed by atoms with Gasteiger partial charge in [0.1, 0.15) is 5.75 Å². The average Bonchev–Trinajstić information content (AvgIpc) is 2.98. The Labute approximate surface area is 146 Å². The van der Waals surface area contributed by atoms with Crippen LogP contribution in [0.1, 0.15) is 44.4 Å². The van der Waals surface area contributed by atoms with Crippen molar-refractivity contribution in [2.45, 2.75) is 39.7 Å². The van der Waals surface area contributed by atoms with E-state index in [9.17, 15) is 19.5 Å². The second-order valence-electron chi connectivity index (χ2n) is 7.06. The lowest BCUT2D eigenvalue weighted by molar-refractivity contribution is -0.142. The van der Waals surface area contributed by atoms with E-state index in [1.807, 2.05) is 0 Å². The molecule has 7 heteroatoms. The zero-order valence-corrected chi connectivity index (χ0v) is 14.7. The topological polar surface area (TPSA) is 105 Å². The molecule has 1 heterocycles. The molecule has 0 saturated carbocycles. The van der Waals surface area contributed by atoms with Crippen molar-refractivity contribution in [3.05, 3.63) is 29.3 Å². The van der Waals surface area contributed by atoms with Crippen LogP contribution in [-0.4, -0.2) is 36.0 Å². The number of rotatable bonds is 6. The zero-order chi connectivity index (χ0) is 18.6. The summed E-state index contributed by atoms with van der Waals surface area (Å²) in [5.41, 5.74) is 0.909. The second-order valence-corrected chi connectivity index (χ2v) is 7.06. The number of carboxylic acids is 1. The van der Waals surface area contributed by atoms with E-state index in [0.29, 0.717) is 12.2 Å². The molecule has 25 heavy (non-hydrogen) atoms. The molecule has 1 aliphatic rings. The summed E-state index contributed by atoms with van der Waals surface area (Å²) in [7, 11) is 0. The first-order valence-corrected chi connectivity index (χ1v) is 8.24. The summed E-state index contributed by atoms with van der Waals surface area (Å²) in [6, 6.07) is 3.99. The lowest BCUT2D eigenvalue weighted by Crippen LogP contribution is -2.39. The molecule has 1 aromatic carbocycles. The molecule has 2 rings (SSSR count). The van der Waals surface area contributed by atoms with Crippen LogP contribution in [0.2, 0.25) is 0 Å². The third kappa shape index (κ3) is 4.95. The minimum absolute atomic E-state index is 0.0135. The first-order valence-electron chi connectivity index (χ1n) is 8.24. The number of amides is 2. The molecule has 0 spiro atoms. The van der Waals surface area contributed by atoms with Gasteiger partial charge in [-0.25, -0.2) is 4.79 Å². The molecule has 1 aromatic rings. The second kappa shape index (κ2) is 7.55. The summed E-state index contributed by atoms with van der Waals surface area (Å²) in [5.74, 6) is -0.970. The minimum Gasteiger partial charge on any atom is -0.493 e. The van der Waals surface area contributed by atoms with E-state index in [4.69, 9.17) is 4.74 Å². The molecule has 2 amide bonds. The number of carbonyl (C=O) groups excluding carboxylic acids is 2. The molecule has 1 unspecified atom stereocenters. The van der Waals surface area contributed by atoms with Gasteiger partial charge in [0.05, 0.1) is 6.61 Å². The normalized spacial score (nSPS) is 14.2. The number of ether oxygens (including phenoxy) is 1. The molecule has 1 aliphatic heterocycles. The molecule has 0 saturated heterocycles. The Morgan fingerprint density at radius 2 is 2.00 bits per heavy atom. The Balaban J connectivity index is 1.94. The van der Waals surface area contributed by atoms with E-state index in [2.05, 4.69) is 10.6 Å². The van der Waals surface area contributed by atoms with Crippen molar-refractivity contribution in [2.24, 2.45) is 5.41 Å². The van der Waals surface area contributed by atoms with E-state index >= 15 is 0 Å². The van der Waals surface area contributed by atoms with Gasteiger partial charge in [0.25, 0.3) is 0 Å². The third-order valence-electron chi connectivity index (χ3n) is 3.92. The Morgan fingerprint density at radius 3 is 2.64 bits per heavy atom. The maximum Gasteiger partial charge on any atom is 0.330 e. The number of hydrogen-bond acceptors (Lipinski definition) is 4. The van der Waals surface area contributed by atoms with E-state index in [-0.39, 0.29) is 18.9 Å². The summed E-state index contributed by atoms with van der Waals surface area (Å²) in [6.45, 7) is 6.07. The average molecular weight is 348 g/mol. The van der Waals surface area contributed by atoms with Gasteiger partial charge in [-0.05, 0) is 23.3 Å². The van der Waals surface area contributed by atoms with Crippen molar-refractivity contribution in [2.75, 3.05) is 13.2 Å². The molecule has 3 N–H and O–H groups in total. The number of aliphatic carboxylic acids is 1. The SMILES string of the molecule is CC(C)(C)C(=O)NCCC(=O)NC(C(=O)O)c1ccc2c(c1)CCO2. The van der Waals surface area contributed by atoms with Crippen LogP contribution >= 0.6 is 0 Å². The maximum absolute atomic E-state index is 12.0. The molecular weight excluding hydrogens is 324 g/mol. The standard InChI is InChI=1S/C18H24N2O5/c1-18(2,3)17(24)19-8-6-14(21)20-15(16(22)23)12-4-5-13-11(10-12)7-9-25-13/h4-5,10,15H,6-9H2,1-3H3,(H,19,24)(H,20,21)(H,22,23). The monoisotopic (exact) mass is 348 g/mol. The first kappa shape index (κ1) is 18.8. The van der Waals surface area contributed by atoms with Crippen molar-refractivity contribution in [3.8, 4) is 5.75 Å². The van der Waals surface area contributed by atoms with Crippen LogP contribution in [0.25, 0.3) is 0 Å². The van der Waals surface area contributed by atoms with Gasteiger partial charge in [-0.1, -0.05) is 26.8 Å². The van der Waals surface area contributed by atoms with Crippen molar-refractivity contribution >= 4 is 17.8 Å². The lowest BCUT2D eigenvalue weighted by Gasteiger charge is -2.18. The van der Waals surface area contributed by atoms with Crippen LogP contribution in [0.3, 0.4) is 0 Å². The number of fused-ring (bicyclic) bond motifs is 1. The summed E-state index contributed by atoms with van der Waals surface area (Å²) >= 11 is 0. The molecule has 0 aromatic heterocycles. The molecular formula is C18H24N2O5. The summed E-state index contributed by atoms with van der Waals surface area (Å²) in [4.78, 5) is 35.3. The fourth-order valence-corrected chi connectivity index (χ4v) is 2.46. The number of carboxylic acid groups (broad SMARTS) is 1. The highest BCUT2D eigenvalue weighted by atomic mass is 16.5. The predicted molar refractivity (Wildman–Crippen MR) is 91.2 cm³/mol. The van der Waals surface area contributed by atoms with E-state index in [0.717, 1.165) is 17.7 Å². The van der Waals surface area contributed by atoms with Gasteiger partial charge in [-0.2, -0.15) is 0 Å². The molecule has 1 atom stereocenters. The van der Waals surface area contributed by atoms with E-state index in [1.165, 1.54) is 0 Å². The summed E-state index contributed by atoms with van der Waals surface area (Å²) in [6.07, 6.45) is 0.738. The van der Waals surface area contributed by atoms with Crippen LogP contribution in [0.4, 0.5) is 0 Å². The Kier molecular flexibility index (Phi) is 5.66. The van der Waals surface area contributed by atoms with Crippen molar-refractivity contribution in [1.82, 2.24) is 10.6 Å². The van der Waals surface area contributed by atoms with Crippen LogP contribution in [-0.2, 0) is 20.8 Å². The van der Waals surface area contributed by atoms with Crippen LogP contribution < -0.4 is 15.4 Å². The largest absolute Gasteiger partial charge is 0.493 e. The predicted octanol–water partition coefficient (Wildman–Crippen LogP) is 1.42. The van der Waals surface area contributed by atoms with Crippen molar-refractivity contribution in [1.29, 1.82) is 0 Å². The van der Waals surface area contributed by atoms with Gasteiger partial charge in [-0.15, -0.1) is 0 Å². The van der Waals surface area contributed by atoms with E-state index < -0.39 is 23.3 Å². The molecule has 0 fully saturated rings. The quantitative estimate of drug-likeness (QED) is 0.721. The minimum atomic E-state index is -1.13. The van der Waals surface area contributed by atoms with E-state index in [1.54, 1.807) is 39.0 Å². The van der Waals surface area contributed by atoms with Crippen LogP contribution in [0.5, 0.6) is 5.75 Å². The van der Waals surface area contributed by atoms with Crippen LogP contribution in [0.15, 0.2) is 18.2 Å². The Morgan fingerprint density at radius 1 is 1.28 bits per heavy atom. The molecule has 7 nitrogen and oxygen atoms in total. The van der Waals surface area contributed by atoms with Gasteiger partial charge in [-0.3, -0.25) is 9.59 Å². The lowest BCUT2D eigenvalue weighted by atomic mass is 9.96. The summed E-state index contributed by atoms with van der Waals surface area (Å²) in [5, 5.41) is 14.6. The summed E-state index contributed by atoms with van der Waals surface area (Å²) < 4.78 is 5.40. The van der Waals surface area contributed by atoms with Gasteiger partial charge in [0.15, 0.2) is 6.04 Å². The maximum atomic E-state index is 12.0. The zero-order valence-electron chi connectivity index (χ0n) is 14.7. The third-order valence-corrected chi connectivity index (χ3v) is 3.92. The first-order chi connectivity index (χ1) is 11.7. The highest BCUT2D eigenvalue weighted by Crippen LogP contribution is 2.28. The Bertz CT molecular complexity index is 679. The van der Waals surface area contributed by atoms with Crippen molar-refractivity contribution < 1.29 is 24.2 Å². The molecule has 0 aliphatic carbocycles.